The quantitative estimate of drug-likeness (QED) is 0.406. The van der Waals surface area contributed by atoms with Crippen LogP contribution in [0.1, 0.15) is 24.0 Å². The topological polar surface area (TPSA) is 66.9 Å². The van der Waals surface area contributed by atoms with Crippen molar-refractivity contribution >= 4 is 66.8 Å². The predicted octanol–water partition coefficient (Wildman–Crippen LogP) is 5.59. The standard InChI is InChI=1S/C23H19Br2FN2O4S/c24-16-9-14(10-17(25)21(16)32-13-15-5-1-2-6-18(15)26)11-19-22(30)28(23(31)33-19)12-20(29)27-7-3-4-8-27/h1-2,5-6,9-11H,3-4,7-8,12-13H2/b19-11+. The van der Waals surface area contributed by atoms with Gasteiger partial charge in [0.1, 0.15) is 24.7 Å². The Morgan fingerprint density at radius 3 is 2.45 bits per heavy atom. The van der Waals surface area contributed by atoms with Crippen molar-refractivity contribution in [1.29, 1.82) is 0 Å². The molecule has 0 saturated carbocycles. The predicted molar refractivity (Wildman–Crippen MR) is 131 cm³/mol. The lowest BCUT2D eigenvalue weighted by atomic mass is 10.2. The summed E-state index contributed by atoms with van der Waals surface area (Å²) < 4.78 is 20.8. The Morgan fingerprint density at radius 1 is 1.12 bits per heavy atom. The number of halogens is 3. The first kappa shape index (κ1) is 24.0. The van der Waals surface area contributed by atoms with Crippen molar-refractivity contribution in [2.45, 2.75) is 19.4 Å². The van der Waals surface area contributed by atoms with E-state index in [9.17, 15) is 18.8 Å². The number of benzene rings is 2. The Hall–Kier alpha value is -2.17. The summed E-state index contributed by atoms with van der Waals surface area (Å²) in [4.78, 5) is 40.4. The third kappa shape index (κ3) is 5.50. The summed E-state index contributed by atoms with van der Waals surface area (Å²) in [6.07, 6.45) is 3.48. The number of nitrogens with zero attached hydrogens (tertiary/aromatic N) is 2. The van der Waals surface area contributed by atoms with Crippen molar-refractivity contribution in [3.05, 3.63) is 67.2 Å². The fourth-order valence-electron chi connectivity index (χ4n) is 3.56. The molecule has 3 amide bonds. The zero-order valence-corrected chi connectivity index (χ0v) is 21.3. The highest BCUT2D eigenvalue weighted by molar-refractivity contribution is 9.11. The summed E-state index contributed by atoms with van der Waals surface area (Å²) in [5.74, 6) is -0.553. The number of hydrogen-bond donors (Lipinski definition) is 0. The third-order valence-electron chi connectivity index (χ3n) is 5.27. The van der Waals surface area contributed by atoms with E-state index in [0.29, 0.717) is 38.9 Å². The summed E-state index contributed by atoms with van der Waals surface area (Å²) in [6.45, 7) is 1.14. The molecule has 2 saturated heterocycles. The van der Waals surface area contributed by atoms with Gasteiger partial charge in [-0.3, -0.25) is 19.3 Å². The highest BCUT2D eigenvalue weighted by Gasteiger charge is 2.37. The molecule has 0 atom stereocenters. The van der Waals surface area contributed by atoms with Crippen LogP contribution in [0, 0.1) is 5.82 Å². The van der Waals surface area contributed by atoms with Gasteiger partial charge in [0.25, 0.3) is 11.1 Å². The van der Waals surface area contributed by atoms with Crippen LogP contribution in [-0.2, 0) is 16.2 Å². The zero-order chi connectivity index (χ0) is 23.5. The molecule has 172 valence electrons. The minimum absolute atomic E-state index is 0.0488. The van der Waals surface area contributed by atoms with E-state index in [1.54, 1.807) is 41.3 Å². The fourth-order valence-corrected chi connectivity index (χ4v) is 5.84. The molecule has 0 N–H and O–H groups in total. The molecule has 2 heterocycles. The van der Waals surface area contributed by atoms with Crippen molar-refractivity contribution < 1.29 is 23.5 Å². The van der Waals surface area contributed by atoms with Gasteiger partial charge in [-0.2, -0.15) is 0 Å². The first-order valence-electron chi connectivity index (χ1n) is 10.2. The zero-order valence-electron chi connectivity index (χ0n) is 17.4. The Morgan fingerprint density at radius 2 is 1.79 bits per heavy atom. The van der Waals surface area contributed by atoms with Crippen molar-refractivity contribution in [3.8, 4) is 5.75 Å². The van der Waals surface area contributed by atoms with Gasteiger partial charge in [0, 0.05) is 18.7 Å². The van der Waals surface area contributed by atoms with E-state index in [1.165, 1.54) is 6.07 Å². The fraction of sp³-hybridized carbons (Fsp3) is 0.261. The monoisotopic (exact) mass is 596 g/mol. The van der Waals surface area contributed by atoms with E-state index in [4.69, 9.17) is 4.74 Å². The van der Waals surface area contributed by atoms with Crippen molar-refractivity contribution in [3.63, 3.8) is 0 Å². The molecule has 2 aliphatic heterocycles. The number of ether oxygens (including phenoxy) is 1. The van der Waals surface area contributed by atoms with Gasteiger partial charge in [-0.05, 0) is 86.3 Å². The van der Waals surface area contributed by atoms with Crippen LogP contribution in [0.15, 0.2) is 50.2 Å². The smallest absolute Gasteiger partial charge is 0.294 e. The van der Waals surface area contributed by atoms with E-state index in [1.807, 2.05) is 0 Å². The third-order valence-corrected chi connectivity index (χ3v) is 7.36. The molecule has 0 aromatic heterocycles. The van der Waals surface area contributed by atoms with Crippen LogP contribution in [0.25, 0.3) is 6.08 Å². The number of imide groups is 1. The van der Waals surface area contributed by atoms with E-state index in [2.05, 4.69) is 31.9 Å². The van der Waals surface area contributed by atoms with E-state index in [-0.39, 0.29) is 29.8 Å². The number of carbonyl (C=O) groups is 3. The highest BCUT2D eigenvalue weighted by atomic mass is 79.9. The van der Waals surface area contributed by atoms with E-state index in [0.717, 1.165) is 29.5 Å². The molecule has 4 rings (SSSR count). The van der Waals surface area contributed by atoms with E-state index >= 15 is 0 Å². The molecule has 0 radical (unpaired) electrons. The summed E-state index contributed by atoms with van der Waals surface area (Å²) in [5.41, 5.74) is 1.08. The lowest BCUT2D eigenvalue weighted by Gasteiger charge is -2.18. The molecular formula is C23H19Br2FN2O4S. The number of thioether (sulfide) groups is 1. The number of likely N-dealkylation sites (tertiary alicyclic amines) is 1. The van der Waals surface area contributed by atoms with Crippen LogP contribution in [0.5, 0.6) is 5.75 Å². The van der Waals surface area contributed by atoms with Gasteiger partial charge in [-0.15, -0.1) is 0 Å². The maximum atomic E-state index is 13.9. The van der Waals surface area contributed by atoms with Crippen molar-refractivity contribution in [2.24, 2.45) is 0 Å². The normalized spacial score (nSPS) is 17.4. The van der Waals surface area contributed by atoms with Gasteiger partial charge >= 0.3 is 0 Å². The Bertz CT molecular complexity index is 1130. The minimum Gasteiger partial charge on any atom is -0.486 e. The van der Waals surface area contributed by atoms with Crippen LogP contribution in [0.3, 0.4) is 0 Å². The number of amides is 3. The number of hydrogen-bond acceptors (Lipinski definition) is 5. The number of rotatable bonds is 6. The molecule has 2 aromatic carbocycles. The van der Waals surface area contributed by atoms with Crippen LogP contribution in [0.2, 0.25) is 0 Å². The van der Waals surface area contributed by atoms with Crippen LogP contribution < -0.4 is 4.74 Å². The second-order valence-corrected chi connectivity index (χ2v) is 10.3. The summed E-state index contributed by atoms with van der Waals surface area (Å²) in [5, 5.41) is -0.457. The van der Waals surface area contributed by atoms with Gasteiger partial charge in [-0.25, -0.2) is 4.39 Å². The van der Waals surface area contributed by atoms with Crippen LogP contribution in [0.4, 0.5) is 9.18 Å². The van der Waals surface area contributed by atoms with Gasteiger partial charge in [0.2, 0.25) is 5.91 Å². The largest absolute Gasteiger partial charge is 0.486 e. The molecule has 0 spiro atoms. The summed E-state index contributed by atoms with van der Waals surface area (Å²) >= 11 is 7.71. The van der Waals surface area contributed by atoms with Gasteiger partial charge in [0.15, 0.2) is 0 Å². The molecule has 6 nitrogen and oxygen atoms in total. The van der Waals surface area contributed by atoms with Crippen LogP contribution in [-0.4, -0.2) is 46.5 Å². The Labute approximate surface area is 211 Å². The maximum absolute atomic E-state index is 13.9. The van der Waals surface area contributed by atoms with Crippen molar-refractivity contribution in [2.75, 3.05) is 19.6 Å². The molecule has 2 aliphatic rings. The van der Waals surface area contributed by atoms with Gasteiger partial charge in [-0.1, -0.05) is 18.2 Å². The Kier molecular flexibility index (Phi) is 7.55. The number of carbonyl (C=O) groups excluding carboxylic acids is 3. The maximum Gasteiger partial charge on any atom is 0.294 e. The first-order chi connectivity index (χ1) is 15.8. The molecule has 0 bridgehead atoms. The molecule has 0 unspecified atom stereocenters. The second-order valence-electron chi connectivity index (χ2n) is 7.55. The average Bonchev–Trinajstić information content (AvgIpc) is 3.39. The van der Waals surface area contributed by atoms with E-state index < -0.39 is 11.1 Å². The summed E-state index contributed by atoms with van der Waals surface area (Å²) in [7, 11) is 0. The molecule has 2 fully saturated rings. The lowest BCUT2D eigenvalue weighted by molar-refractivity contribution is -0.135. The highest BCUT2D eigenvalue weighted by Crippen LogP contribution is 2.38. The molecular weight excluding hydrogens is 579 g/mol. The molecule has 0 aliphatic carbocycles. The van der Waals surface area contributed by atoms with Gasteiger partial charge < -0.3 is 9.64 Å². The Balaban J connectivity index is 1.47. The minimum atomic E-state index is -0.482. The second kappa shape index (κ2) is 10.4. The van der Waals surface area contributed by atoms with Crippen LogP contribution >= 0.6 is 43.6 Å². The average molecular weight is 598 g/mol. The molecule has 33 heavy (non-hydrogen) atoms. The first-order valence-corrected chi connectivity index (χ1v) is 12.6. The SMILES string of the molecule is O=C(CN1C(=O)S/C(=C/c2cc(Br)c(OCc3ccccc3F)c(Br)c2)C1=O)N1CCCC1. The lowest BCUT2D eigenvalue weighted by Crippen LogP contribution is -2.40. The van der Waals surface area contributed by atoms with Crippen molar-refractivity contribution in [1.82, 2.24) is 9.80 Å². The molecule has 10 heteroatoms. The summed E-state index contributed by atoms with van der Waals surface area (Å²) in [6, 6.07) is 9.85. The molecule has 2 aromatic rings. The van der Waals surface area contributed by atoms with Gasteiger partial charge in [0.05, 0.1) is 13.9 Å².